The van der Waals surface area contributed by atoms with Crippen molar-refractivity contribution in [2.75, 3.05) is 25.5 Å². The van der Waals surface area contributed by atoms with E-state index in [9.17, 15) is 13.2 Å². The molecule has 0 fully saturated rings. The molecule has 1 atom stereocenters. The van der Waals surface area contributed by atoms with Gasteiger partial charge in [-0.15, -0.1) is 0 Å². The van der Waals surface area contributed by atoms with Crippen molar-refractivity contribution in [1.82, 2.24) is 4.90 Å². The number of rotatable bonds is 6. The Bertz CT molecular complexity index is 171. The predicted molar refractivity (Wildman–Crippen MR) is 60.3 cm³/mol. The molecule has 0 bridgehead atoms. The molecule has 0 radical (unpaired) electrons. The molecule has 92 valence electrons. The van der Waals surface area contributed by atoms with Crippen LogP contribution in [0.3, 0.4) is 0 Å². The first-order valence-electron chi connectivity index (χ1n) is 5.07. The monoisotopic (exact) mass is 289 g/mol. The van der Waals surface area contributed by atoms with Crippen LogP contribution in [-0.4, -0.2) is 36.5 Å². The van der Waals surface area contributed by atoms with Gasteiger partial charge in [0.15, 0.2) is 0 Å². The molecule has 0 aromatic rings. The standard InChI is InChI=1S/C10H19BrF3N/c1-8(2)9(6-11)7-15(3)5-4-10(12,13)14/h8-9H,4-7H2,1-3H3. The highest BCUT2D eigenvalue weighted by molar-refractivity contribution is 9.09. The van der Waals surface area contributed by atoms with E-state index in [1.165, 1.54) is 0 Å². The van der Waals surface area contributed by atoms with E-state index in [-0.39, 0.29) is 6.54 Å². The maximum absolute atomic E-state index is 12.0. The van der Waals surface area contributed by atoms with Gasteiger partial charge in [0.05, 0.1) is 6.42 Å². The Hall–Kier alpha value is 0.230. The van der Waals surface area contributed by atoms with Crippen LogP contribution in [0.25, 0.3) is 0 Å². The van der Waals surface area contributed by atoms with E-state index in [4.69, 9.17) is 0 Å². The van der Waals surface area contributed by atoms with Crippen LogP contribution in [-0.2, 0) is 0 Å². The van der Waals surface area contributed by atoms with E-state index in [0.717, 1.165) is 5.33 Å². The average molecular weight is 290 g/mol. The third kappa shape index (κ3) is 8.08. The number of halogens is 4. The first-order chi connectivity index (χ1) is 6.76. The van der Waals surface area contributed by atoms with E-state index >= 15 is 0 Å². The molecule has 0 rings (SSSR count). The van der Waals surface area contributed by atoms with E-state index < -0.39 is 12.6 Å². The summed E-state index contributed by atoms with van der Waals surface area (Å²) in [4.78, 5) is 1.75. The van der Waals surface area contributed by atoms with Crippen molar-refractivity contribution in [2.24, 2.45) is 11.8 Å². The smallest absolute Gasteiger partial charge is 0.306 e. The molecule has 1 nitrogen and oxygen atoms in total. The molecule has 15 heavy (non-hydrogen) atoms. The third-order valence-electron chi connectivity index (χ3n) is 2.46. The van der Waals surface area contributed by atoms with Crippen molar-refractivity contribution in [3.63, 3.8) is 0 Å². The van der Waals surface area contributed by atoms with Crippen molar-refractivity contribution in [2.45, 2.75) is 26.4 Å². The molecule has 0 aliphatic heterocycles. The number of hydrogen-bond donors (Lipinski definition) is 0. The number of hydrogen-bond acceptors (Lipinski definition) is 1. The highest BCUT2D eigenvalue weighted by atomic mass is 79.9. The largest absolute Gasteiger partial charge is 0.390 e. The topological polar surface area (TPSA) is 3.24 Å². The van der Waals surface area contributed by atoms with Gasteiger partial charge in [0.2, 0.25) is 0 Å². The Morgan fingerprint density at radius 1 is 1.27 bits per heavy atom. The Morgan fingerprint density at radius 2 is 1.80 bits per heavy atom. The van der Waals surface area contributed by atoms with Crippen molar-refractivity contribution in [1.29, 1.82) is 0 Å². The summed E-state index contributed by atoms with van der Waals surface area (Å²) in [7, 11) is 1.74. The summed E-state index contributed by atoms with van der Waals surface area (Å²) in [5, 5.41) is 0.834. The summed E-state index contributed by atoms with van der Waals surface area (Å²) in [6, 6.07) is 0. The molecule has 0 heterocycles. The van der Waals surface area contributed by atoms with E-state index in [1.807, 2.05) is 0 Å². The summed E-state index contributed by atoms with van der Waals surface area (Å²) < 4.78 is 35.9. The van der Waals surface area contributed by atoms with Gasteiger partial charge in [0.25, 0.3) is 0 Å². The van der Waals surface area contributed by atoms with Crippen LogP contribution in [0.2, 0.25) is 0 Å². The van der Waals surface area contributed by atoms with E-state index in [0.29, 0.717) is 18.4 Å². The number of nitrogens with zero attached hydrogens (tertiary/aromatic N) is 1. The fourth-order valence-electron chi connectivity index (χ4n) is 1.25. The maximum atomic E-state index is 12.0. The van der Waals surface area contributed by atoms with Gasteiger partial charge in [-0.3, -0.25) is 0 Å². The second-order valence-corrected chi connectivity index (χ2v) is 4.93. The van der Waals surface area contributed by atoms with E-state index in [2.05, 4.69) is 29.8 Å². The van der Waals surface area contributed by atoms with Gasteiger partial charge in [-0.25, -0.2) is 0 Å². The third-order valence-corrected chi connectivity index (χ3v) is 3.30. The molecule has 0 aromatic carbocycles. The fraction of sp³-hybridized carbons (Fsp3) is 1.00. The molecule has 0 saturated carbocycles. The minimum absolute atomic E-state index is 0.0831. The molecule has 1 unspecified atom stereocenters. The molecule has 0 spiro atoms. The van der Waals surface area contributed by atoms with Crippen LogP contribution >= 0.6 is 15.9 Å². The minimum atomic E-state index is -4.05. The zero-order chi connectivity index (χ0) is 12.1. The predicted octanol–water partition coefficient (Wildman–Crippen LogP) is 3.54. The lowest BCUT2D eigenvalue weighted by Gasteiger charge is -2.25. The second-order valence-electron chi connectivity index (χ2n) is 4.29. The van der Waals surface area contributed by atoms with Gasteiger partial charge in [-0.1, -0.05) is 29.8 Å². The molecule has 0 aliphatic carbocycles. The van der Waals surface area contributed by atoms with Gasteiger partial charge in [-0.05, 0) is 18.9 Å². The highest BCUT2D eigenvalue weighted by Gasteiger charge is 2.27. The molecule has 0 N–H and O–H groups in total. The number of alkyl halides is 4. The average Bonchev–Trinajstić information content (AvgIpc) is 2.09. The van der Waals surface area contributed by atoms with Gasteiger partial charge in [0, 0.05) is 18.4 Å². The Labute approximate surface area is 98.1 Å². The van der Waals surface area contributed by atoms with Crippen LogP contribution in [0.5, 0.6) is 0 Å². The second kappa shape index (κ2) is 6.74. The Morgan fingerprint density at radius 3 is 2.13 bits per heavy atom. The zero-order valence-electron chi connectivity index (χ0n) is 9.44. The van der Waals surface area contributed by atoms with Crippen LogP contribution < -0.4 is 0 Å². The molecule has 0 saturated heterocycles. The first kappa shape index (κ1) is 15.2. The van der Waals surface area contributed by atoms with Gasteiger partial charge < -0.3 is 4.90 Å². The minimum Gasteiger partial charge on any atom is -0.306 e. The molecule has 0 aliphatic rings. The van der Waals surface area contributed by atoms with E-state index in [1.54, 1.807) is 11.9 Å². The lowest BCUT2D eigenvalue weighted by Crippen LogP contribution is -2.32. The van der Waals surface area contributed by atoms with Crippen LogP contribution in [0.15, 0.2) is 0 Å². The molecule has 0 amide bonds. The Balaban J connectivity index is 3.86. The summed E-state index contributed by atoms with van der Waals surface area (Å²) in [6.45, 7) is 4.96. The van der Waals surface area contributed by atoms with Crippen molar-refractivity contribution >= 4 is 15.9 Å². The summed E-state index contributed by atoms with van der Waals surface area (Å²) in [6.07, 6.45) is -4.77. The Kier molecular flexibility index (Phi) is 6.84. The highest BCUT2D eigenvalue weighted by Crippen LogP contribution is 2.20. The summed E-state index contributed by atoms with van der Waals surface area (Å²) in [5.74, 6) is 0.890. The summed E-state index contributed by atoms with van der Waals surface area (Å²) in [5.41, 5.74) is 0. The van der Waals surface area contributed by atoms with Crippen LogP contribution in [0, 0.1) is 11.8 Å². The zero-order valence-corrected chi connectivity index (χ0v) is 11.0. The van der Waals surface area contributed by atoms with Crippen molar-refractivity contribution in [3.8, 4) is 0 Å². The SMILES string of the molecule is CC(C)C(CBr)CN(C)CCC(F)(F)F. The summed E-state index contributed by atoms with van der Waals surface area (Å²) >= 11 is 3.39. The van der Waals surface area contributed by atoms with Gasteiger partial charge >= 0.3 is 6.18 Å². The lowest BCUT2D eigenvalue weighted by atomic mass is 9.97. The lowest BCUT2D eigenvalue weighted by molar-refractivity contribution is -0.137. The molecule has 5 heteroatoms. The van der Waals surface area contributed by atoms with Crippen molar-refractivity contribution < 1.29 is 13.2 Å². The quantitative estimate of drug-likeness (QED) is 0.676. The molecular formula is C10H19BrF3N. The molecular weight excluding hydrogens is 271 g/mol. The van der Waals surface area contributed by atoms with Gasteiger partial charge in [0.1, 0.15) is 0 Å². The van der Waals surface area contributed by atoms with Crippen LogP contribution in [0.4, 0.5) is 13.2 Å². The molecule has 0 aromatic heterocycles. The van der Waals surface area contributed by atoms with Crippen LogP contribution in [0.1, 0.15) is 20.3 Å². The van der Waals surface area contributed by atoms with Gasteiger partial charge in [-0.2, -0.15) is 13.2 Å². The fourth-order valence-corrected chi connectivity index (χ4v) is 2.20. The normalized spacial score (nSPS) is 15.0. The first-order valence-corrected chi connectivity index (χ1v) is 6.19. The maximum Gasteiger partial charge on any atom is 0.390 e. The van der Waals surface area contributed by atoms with Crippen molar-refractivity contribution in [3.05, 3.63) is 0 Å².